The van der Waals surface area contributed by atoms with Crippen molar-refractivity contribution in [3.63, 3.8) is 0 Å². The highest BCUT2D eigenvalue weighted by molar-refractivity contribution is 4.99. The Kier molecular flexibility index (Phi) is 7.20. The largest absolute Gasteiger partial charge is 0.333 e. The van der Waals surface area contributed by atoms with Crippen LogP contribution in [0.15, 0.2) is 12.2 Å². The molecule has 0 aromatic heterocycles. The van der Waals surface area contributed by atoms with Crippen LogP contribution < -0.4 is 0 Å². The maximum Gasteiger partial charge on any atom is 0.0232 e. The fraction of sp³-hybridized carbons (Fsp3) is 0.667. The molecule has 0 aliphatic rings. The first-order valence-corrected chi connectivity index (χ1v) is 5.08. The standard InChI is InChI=1S/C12H21N/c1-5-13(6-2)11-9-7-8-10-12(3)4/h3,5-8,10H2,1-2,4H3. The van der Waals surface area contributed by atoms with Gasteiger partial charge in [0.25, 0.3) is 0 Å². The monoisotopic (exact) mass is 179 g/mol. The van der Waals surface area contributed by atoms with Gasteiger partial charge < -0.3 is 4.90 Å². The van der Waals surface area contributed by atoms with Crippen molar-refractivity contribution in [3.05, 3.63) is 12.2 Å². The topological polar surface area (TPSA) is 3.24 Å². The molecule has 0 rings (SSSR count). The second-order valence-electron chi connectivity index (χ2n) is 3.27. The summed E-state index contributed by atoms with van der Waals surface area (Å²) in [4.78, 5) is 2.13. The summed E-state index contributed by atoms with van der Waals surface area (Å²) >= 11 is 0. The summed E-state index contributed by atoms with van der Waals surface area (Å²) in [6, 6.07) is 3.15. The fourth-order valence-corrected chi connectivity index (χ4v) is 1.03. The molecule has 0 radical (unpaired) electrons. The van der Waals surface area contributed by atoms with Crippen LogP contribution in [0.25, 0.3) is 0 Å². The molecule has 0 heterocycles. The van der Waals surface area contributed by atoms with Gasteiger partial charge in [0.05, 0.1) is 0 Å². The highest BCUT2D eigenvalue weighted by Crippen LogP contribution is 2.02. The molecule has 0 bridgehead atoms. The zero-order valence-corrected chi connectivity index (χ0v) is 9.19. The van der Waals surface area contributed by atoms with Gasteiger partial charge in [0, 0.05) is 25.6 Å². The third kappa shape index (κ3) is 7.46. The van der Waals surface area contributed by atoms with E-state index in [1.807, 2.05) is 0 Å². The predicted octanol–water partition coefficient (Wildman–Crippen LogP) is 3.04. The second kappa shape index (κ2) is 7.73. The first-order chi connectivity index (χ1) is 6.20. The van der Waals surface area contributed by atoms with Crippen molar-refractivity contribution in [2.75, 3.05) is 13.1 Å². The molecular formula is C12H21N. The molecule has 0 saturated heterocycles. The van der Waals surface area contributed by atoms with Crippen LogP contribution in [0.2, 0.25) is 0 Å². The summed E-state index contributed by atoms with van der Waals surface area (Å²) < 4.78 is 0. The van der Waals surface area contributed by atoms with Crippen molar-refractivity contribution in [2.24, 2.45) is 0 Å². The summed E-state index contributed by atoms with van der Waals surface area (Å²) in [5, 5.41) is 0. The smallest absolute Gasteiger partial charge is 0.0232 e. The lowest BCUT2D eigenvalue weighted by molar-refractivity contribution is 0.443. The molecule has 0 N–H and O–H groups in total. The second-order valence-corrected chi connectivity index (χ2v) is 3.27. The highest BCUT2D eigenvalue weighted by Gasteiger charge is 1.88. The van der Waals surface area contributed by atoms with Crippen LogP contribution in [0.1, 0.15) is 40.0 Å². The maximum atomic E-state index is 3.86. The van der Waals surface area contributed by atoms with Gasteiger partial charge in [-0.15, -0.1) is 6.58 Å². The Morgan fingerprint density at radius 1 is 1.31 bits per heavy atom. The van der Waals surface area contributed by atoms with Crippen LogP contribution >= 0.6 is 0 Å². The van der Waals surface area contributed by atoms with Crippen molar-refractivity contribution in [1.29, 1.82) is 0 Å². The van der Waals surface area contributed by atoms with Crippen LogP contribution in [0.3, 0.4) is 0 Å². The van der Waals surface area contributed by atoms with Crippen molar-refractivity contribution < 1.29 is 0 Å². The molecule has 0 amide bonds. The molecular weight excluding hydrogens is 158 g/mol. The third-order valence-electron chi connectivity index (χ3n) is 1.91. The average Bonchev–Trinajstić information content (AvgIpc) is 2.11. The van der Waals surface area contributed by atoms with E-state index in [9.17, 15) is 0 Å². The maximum absolute atomic E-state index is 3.86. The molecule has 1 nitrogen and oxygen atoms in total. The molecule has 0 aromatic rings. The normalized spacial score (nSPS) is 8.85. The Morgan fingerprint density at radius 3 is 2.38 bits per heavy atom. The van der Waals surface area contributed by atoms with E-state index in [1.165, 1.54) is 5.57 Å². The van der Waals surface area contributed by atoms with E-state index >= 15 is 0 Å². The van der Waals surface area contributed by atoms with Gasteiger partial charge >= 0.3 is 0 Å². The van der Waals surface area contributed by atoms with Gasteiger partial charge in [-0.25, -0.2) is 0 Å². The van der Waals surface area contributed by atoms with E-state index < -0.39 is 0 Å². The number of rotatable bonds is 5. The molecule has 74 valence electrons. The third-order valence-corrected chi connectivity index (χ3v) is 1.91. The summed E-state index contributed by atoms with van der Waals surface area (Å²) in [5.74, 6) is 3.18. The van der Waals surface area contributed by atoms with Gasteiger partial charge in [-0.3, -0.25) is 0 Å². The number of hydrogen-bond acceptors (Lipinski definition) is 1. The minimum absolute atomic E-state index is 0.989. The minimum Gasteiger partial charge on any atom is -0.333 e. The lowest BCUT2D eigenvalue weighted by Crippen LogP contribution is -2.15. The van der Waals surface area contributed by atoms with Gasteiger partial charge in [0.2, 0.25) is 0 Å². The predicted molar refractivity (Wildman–Crippen MR) is 59.4 cm³/mol. The first kappa shape index (κ1) is 12.1. The molecule has 0 aliphatic carbocycles. The van der Waals surface area contributed by atoms with Crippen molar-refractivity contribution in [1.82, 2.24) is 4.90 Å². The quantitative estimate of drug-likeness (QED) is 0.271. The number of nitrogens with zero attached hydrogens (tertiary/aromatic N) is 1. The molecule has 0 atom stereocenters. The van der Waals surface area contributed by atoms with Gasteiger partial charge in [-0.05, 0) is 33.6 Å². The average molecular weight is 179 g/mol. The van der Waals surface area contributed by atoms with Gasteiger partial charge in [0.15, 0.2) is 0 Å². The molecule has 13 heavy (non-hydrogen) atoms. The Hall–Kier alpha value is -0.900. The van der Waals surface area contributed by atoms with Crippen molar-refractivity contribution in [2.45, 2.75) is 40.0 Å². The minimum atomic E-state index is 0.989. The number of unbranched alkanes of at least 4 members (excludes halogenated alkanes) is 1. The Labute approximate surface area is 82.8 Å². The number of allylic oxidation sites excluding steroid dienone is 1. The highest BCUT2D eigenvalue weighted by atomic mass is 15.1. The lowest BCUT2D eigenvalue weighted by atomic mass is 10.1. The summed E-state index contributed by atoms with van der Waals surface area (Å²) in [5.41, 5.74) is 1.25. The van der Waals surface area contributed by atoms with Gasteiger partial charge in [-0.2, -0.15) is 0 Å². The molecule has 0 spiro atoms. The van der Waals surface area contributed by atoms with E-state index in [0.29, 0.717) is 0 Å². The molecule has 0 fully saturated rings. The summed E-state index contributed by atoms with van der Waals surface area (Å²) in [6.45, 7) is 12.2. The molecule has 0 aliphatic heterocycles. The van der Waals surface area contributed by atoms with E-state index in [2.05, 4.69) is 44.2 Å². The SMILES string of the molecule is C=C(C)CCCC#CN(CC)CC. The van der Waals surface area contributed by atoms with E-state index in [4.69, 9.17) is 0 Å². The summed E-state index contributed by atoms with van der Waals surface area (Å²) in [6.07, 6.45) is 3.24. The van der Waals surface area contributed by atoms with Crippen LogP contribution in [0.5, 0.6) is 0 Å². The van der Waals surface area contributed by atoms with Gasteiger partial charge in [-0.1, -0.05) is 11.5 Å². The summed E-state index contributed by atoms with van der Waals surface area (Å²) in [7, 11) is 0. The fourth-order valence-electron chi connectivity index (χ4n) is 1.03. The van der Waals surface area contributed by atoms with Crippen molar-refractivity contribution >= 4 is 0 Å². The van der Waals surface area contributed by atoms with E-state index in [-0.39, 0.29) is 0 Å². The Balaban J connectivity index is 3.54. The van der Waals surface area contributed by atoms with Crippen LogP contribution in [0.4, 0.5) is 0 Å². The zero-order valence-electron chi connectivity index (χ0n) is 9.19. The van der Waals surface area contributed by atoms with E-state index in [1.54, 1.807) is 0 Å². The zero-order chi connectivity index (χ0) is 10.1. The molecule has 0 unspecified atom stereocenters. The van der Waals surface area contributed by atoms with Crippen LogP contribution in [0, 0.1) is 12.0 Å². The van der Waals surface area contributed by atoms with Crippen LogP contribution in [-0.2, 0) is 0 Å². The lowest BCUT2D eigenvalue weighted by Gasteiger charge is -2.10. The van der Waals surface area contributed by atoms with E-state index in [0.717, 1.165) is 32.4 Å². The molecule has 1 heteroatoms. The first-order valence-electron chi connectivity index (χ1n) is 5.08. The number of hydrogen-bond donors (Lipinski definition) is 0. The molecule has 0 aromatic carbocycles. The van der Waals surface area contributed by atoms with Gasteiger partial charge in [0.1, 0.15) is 0 Å². The Bertz CT molecular complexity index is 191. The van der Waals surface area contributed by atoms with Crippen LogP contribution in [-0.4, -0.2) is 18.0 Å². The Morgan fingerprint density at radius 2 is 1.92 bits per heavy atom. The van der Waals surface area contributed by atoms with Crippen molar-refractivity contribution in [3.8, 4) is 12.0 Å². The molecule has 0 saturated carbocycles.